The Morgan fingerprint density at radius 3 is 2.24 bits per heavy atom. The number of nitrogens with zero attached hydrogens (tertiary/aromatic N) is 3. The molecule has 0 fully saturated rings. The van der Waals surface area contributed by atoms with Crippen LogP contribution in [0, 0.1) is 13.8 Å². The van der Waals surface area contributed by atoms with Crippen LogP contribution in [0.15, 0.2) is 83.8 Å². The van der Waals surface area contributed by atoms with Gasteiger partial charge >= 0.3 is 0 Å². The number of hydrogen-bond donors (Lipinski definition) is 2. The molecule has 0 saturated heterocycles. The lowest BCUT2D eigenvalue weighted by molar-refractivity contribution is 0.102. The van der Waals surface area contributed by atoms with Gasteiger partial charge in [-0.1, -0.05) is 18.2 Å². The van der Waals surface area contributed by atoms with Crippen LogP contribution in [-0.4, -0.2) is 43.5 Å². The molecule has 208 valence electrons. The highest BCUT2D eigenvalue weighted by atomic mass is 32.2. The van der Waals surface area contributed by atoms with Crippen LogP contribution in [0.4, 0.5) is 11.5 Å². The number of aromatic nitrogens is 3. The topological polar surface area (TPSA) is 132 Å². The first-order valence-electron chi connectivity index (χ1n) is 12.6. The van der Waals surface area contributed by atoms with E-state index in [4.69, 9.17) is 14.5 Å². The molecule has 2 heterocycles. The quantitative estimate of drug-likeness (QED) is 0.255. The minimum Gasteiger partial charge on any atom is -0.493 e. The third kappa shape index (κ3) is 5.94. The summed E-state index contributed by atoms with van der Waals surface area (Å²) in [6.45, 7) is 3.44. The molecule has 3 aromatic carbocycles. The fourth-order valence-corrected chi connectivity index (χ4v) is 5.38. The summed E-state index contributed by atoms with van der Waals surface area (Å²) in [6, 6.07) is 21.9. The van der Waals surface area contributed by atoms with Gasteiger partial charge in [0, 0.05) is 28.4 Å². The number of methoxy groups -OCH3 is 2. The predicted molar refractivity (Wildman–Crippen MR) is 157 cm³/mol. The number of carbonyl (C=O) groups is 1. The fraction of sp³-hybridized carbons (Fsp3) is 0.133. The first-order valence-corrected chi connectivity index (χ1v) is 14.0. The maximum absolute atomic E-state index is 13.5. The third-order valence-electron chi connectivity index (χ3n) is 6.27. The van der Waals surface area contributed by atoms with E-state index in [1.807, 2.05) is 30.3 Å². The number of amides is 1. The number of hydrogen-bond acceptors (Lipinski definition) is 8. The summed E-state index contributed by atoms with van der Waals surface area (Å²) < 4.78 is 39.0. The molecule has 11 heteroatoms. The lowest BCUT2D eigenvalue weighted by Gasteiger charge is -2.13. The van der Waals surface area contributed by atoms with Crippen LogP contribution in [-0.2, 0) is 10.0 Å². The zero-order chi connectivity index (χ0) is 29.1. The van der Waals surface area contributed by atoms with Crippen molar-refractivity contribution >= 4 is 38.3 Å². The largest absolute Gasteiger partial charge is 0.493 e. The number of nitrogens with one attached hydrogen (secondary N) is 2. The Hall–Kier alpha value is -5.03. The van der Waals surface area contributed by atoms with Gasteiger partial charge in [0.05, 0.1) is 35.9 Å². The van der Waals surface area contributed by atoms with Gasteiger partial charge in [-0.2, -0.15) is 0 Å². The Morgan fingerprint density at radius 2 is 1.54 bits per heavy atom. The summed E-state index contributed by atoms with van der Waals surface area (Å²) in [7, 11) is -0.784. The van der Waals surface area contributed by atoms with Gasteiger partial charge in [0.15, 0.2) is 11.5 Å². The number of anilines is 2. The lowest BCUT2D eigenvalue weighted by atomic mass is 10.0. The number of ether oxygens (including phenoxy) is 2. The van der Waals surface area contributed by atoms with Crippen molar-refractivity contribution in [1.29, 1.82) is 0 Å². The molecule has 41 heavy (non-hydrogen) atoms. The van der Waals surface area contributed by atoms with Crippen LogP contribution in [0.5, 0.6) is 11.5 Å². The van der Waals surface area contributed by atoms with Crippen molar-refractivity contribution in [3.63, 3.8) is 0 Å². The molecule has 1 amide bonds. The van der Waals surface area contributed by atoms with Crippen LogP contribution in [0.3, 0.4) is 0 Å². The zero-order valence-corrected chi connectivity index (χ0v) is 23.6. The molecule has 5 aromatic rings. The Bertz CT molecular complexity index is 1860. The maximum Gasteiger partial charge on any atom is 0.263 e. The number of aryl methyl sites for hydroxylation is 2. The average Bonchev–Trinajstić information content (AvgIpc) is 2.95. The second-order valence-corrected chi connectivity index (χ2v) is 10.9. The summed E-state index contributed by atoms with van der Waals surface area (Å²) in [5.74, 6) is 1.39. The van der Waals surface area contributed by atoms with Crippen molar-refractivity contribution in [2.75, 3.05) is 24.3 Å². The van der Waals surface area contributed by atoms with E-state index in [2.05, 4.69) is 20.0 Å². The van der Waals surface area contributed by atoms with Crippen molar-refractivity contribution < 1.29 is 22.7 Å². The second kappa shape index (κ2) is 11.2. The highest BCUT2D eigenvalue weighted by Gasteiger charge is 2.18. The van der Waals surface area contributed by atoms with E-state index >= 15 is 0 Å². The van der Waals surface area contributed by atoms with E-state index in [-0.39, 0.29) is 16.6 Å². The smallest absolute Gasteiger partial charge is 0.263 e. The molecule has 0 aliphatic rings. The minimum atomic E-state index is -3.90. The van der Waals surface area contributed by atoms with E-state index in [9.17, 15) is 13.2 Å². The Kier molecular flexibility index (Phi) is 7.54. The van der Waals surface area contributed by atoms with E-state index < -0.39 is 10.0 Å². The van der Waals surface area contributed by atoms with Gasteiger partial charge in [0.2, 0.25) is 0 Å². The summed E-state index contributed by atoms with van der Waals surface area (Å²) in [6.07, 6.45) is 0. The average molecular weight is 570 g/mol. The SMILES string of the molecule is COc1ccc(-c2cc(C(=O)Nc3ccc(S(=O)(=O)Nc4cc(C)nc(C)n4)cc3)c3ccccc3n2)cc1OC. The molecule has 0 spiro atoms. The van der Waals surface area contributed by atoms with Gasteiger partial charge in [0.25, 0.3) is 15.9 Å². The van der Waals surface area contributed by atoms with Crippen molar-refractivity contribution in [2.24, 2.45) is 0 Å². The molecule has 0 atom stereocenters. The molecule has 0 radical (unpaired) electrons. The van der Waals surface area contributed by atoms with Crippen LogP contribution >= 0.6 is 0 Å². The molecule has 5 rings (SSSR count). The zero-order valence-electron chi connectivity index (χ0n) is 22.8. The van der Waals surface area contributed by atoms with Gasteiger partial charge in [-0.25, -0.2) is 23.4 Å². The van der Waals surface area contributed by atoms with E-state index in [1.54, 1.807) is 52.3 Å². The minimum absolute atomic E-state index is 0.0227. The molecule has 0 saturated carbocycles. The van der Waals surface area contributed by atoms with E-state index in [1.165, 1.54) is 24.3 Å². The predicted octanol–water partition coefficient (Wildman–Crippen LogP) is 5.38. The Labute approximate surface area is 237 Å². The molecule has 0 unspecified atom stereocenters. The molecule has 0 aliphatic heterocycles. The highest BCUT2D eigenvalue weighted by molar-refractivity contribution is 7.92. The van der Waals surface area contributed by atoms with Gasteiger partial charge in [-0.05, 0) is 68.4 Å². The maximum atomic E-state index is 13.5. The molecule has 0 bridgehead atoms. The van der Waals surface area contributed by atoms with Crippen molar-refractivity contribution in [2.45, 2.75) is 18.7 Å². The first kappa shape index (κ1) is 27.5. The van der Waals surface area contributed by atoms with Crippen molar-refractivity contribution in [1.82, 2.24) is 15.0 Å². The third-order valence-corrected chi connectivity index (χ3v) is 7.64. The standard InChI is InChI=1S/C30H27N5O5S/c1-18-15-29(32-19(2)31-18)35-41(37,38)22-12-10-21(11-13-22)33-30(36)24-17-26(34-25-8-6-5-7-23(24)25)20-9-14-27(39-3)28(16-20)40-4/h5-17H,1-4H3,(H,33,36)(H,31,32,35). The number of rotatable bonds is 8. The summed E-state index contributed by atoms with van der Waals surface area (Å²) in [5.41, 5.74) is 3.46. The van der Waals surface area contributed by atoms with Gasteiger partial charge in [-0.3, -0.25) is 9.52 Å². The number of benzene rings is 3. The van der Waals surface area contributed by atoms with Crippen LogP contribution in [0.25, 0.3) is 22.2 Å². The summed E-state index contributed by atoms with van der Waals surface area (Å²) in [4.78, 5) is 26.6. The molecule has 2 aromatic heterocycles. The molecule has 0 aliphatic carbocycles. The second-order valence-electron chi connectivity index (χ2n) is 9.17. The van der Waals surface area contributed by atoms with E-state index in [0.717, 1.165) is 5.56 Å². The Balaban J connectivity index is 1.42. The first-order chi connectivity index (χ1) is 19.7. The summed E-state index contributed by atoms with van der Waals surface area (Å²) in [5, 5.41) is 3.54. The molecular formula is C30H27N5O5S. The monoisotopic (exact) mass is 569 g/mol. The van der Waals surface area contributed by atoms with Crippen LogP contribution in [0.1, 0.15) is 21.9 Å². The van der Waals surface area contributed by atoms with Gasteiger partial charge in [0.1, 0.15) is 11.6 Å². The highest BCUT2D eigenvalue weighted by Crippen LogP contribution is 2.33. The van der Waals surface area contributed by atoms with Gasteiger partial charge in [-0.15, -0.1) is 0 Å². The normalized spacial score (nSPS) is 11.2. The number of fused-ring (bicyclic) bond motifs is 1. The van der Waals surface area contributed by atoms with Crippen LogP contribution in [0.2, 0.25) is 0 Å². The molecule has 2 N–H and O–H groups in total. The Morgan fingerprint density at radius 1 is 0.805 bits per heavy atom. The number of sulfonamides is 1. The van der Waals surface area contributed by atoms with Gasteiger partial charge < -0.3 is 14.8 Å². The van der Waals surface area contributed by atoms with E-state index in [0.29, 0.717) is 50.9 Å². The molecular weight excluding hydrogens is 542 g/mol. The lowest BCUT2D eigenvalue weighted by Crippen LogP contribution is -2.15. The van der Waals surface area contributed by atoms with Crippen LogP contribution < -0.4 is 19.5 Å². The number of pyridine rings is 1. The number of carbonyl (C=O) groups excluding carboxylic acids is 1. The van der Waals surface area contributed by atoms with Crippen molar-refractivity contribution in [3.8, 4) is 22.8 Å². The number of para-hydroxylation sites is 1. The molecule has 10 nitrogen and oxygen atoms in total. The summed E-state index contributed by atoms with van der Waals surface area (Å²) >= 11 is 0. The van der Waals surface area contributed by atoms with Crippen molar-refractivity contribution in [3.05, 3.63) is 95.9 Å². The fourth-order valence-electron chi connectivity index (χ4n) is 4.39.